The van der Waals surface area contributed by atoms with Crippen molar-refractivity contribution in [3.05, 3.63) is 265 Å². The summed E-state index contributed by atoms with van der Waals surface area (Å²) in [7, 11) is 0. The topological polar surface area (TPSA) is 57.4 Å². The fourth-order valence-corrected chi connectivity index (χ4v) is 10.9. The number of fused-ring (bicyclic) bond motifs is 9. The Bertz CT molecular complexity index is 3950. The zero-order chi connectivity index (χ0) is 46.2. The van der Waals surface area contributed by atoms with E-state index in [1.54, 1.807) is 0 Å². The van der Waals surface area contributed by atoms with Crippen LogP contribution in [-0.2, 0) is 5.41 Å². The molecule has 328 valence electrons. The lowest BCUT2D eigenvalue weighted by atomic mass is 9.68. The second-order valence-corrected chi connectivity index (χ2v) is 18.0. The molecule has 12 aromatic rings. The zero-order valence-corrected chi connectivity index (χ0v) is 37.7. The predicted molar refractivity (Wildman–Crippen MR) is 280 cm³/mol. The molecule has 0 spiro atoms. The molecule has 5 nitrogen and oxygen atoms in total. The summed E-state index contributed by atoms with van der Waals surface area (Å²) in [6.07, 6.45) is 0. The van der Waals surface area contributed by atoms with Crippen molar-refractivity contribution in [1.82, 2.24) is 9.97 Å². The van der Waals surface area contributed by atoms with Crippen LogP contribution in [0.5, 0.6) is 23.0 Å². The van der Waals surface area contributed by atoms with Crippen LogP contribution in [-0.4, -0.2) is 9.97 Å². The molecule has 1 aliphatic carbocycles. The van der Waals surface area contributed by atoms with Gasteiger partial charge in [-0.05, 0) is 80.9 Å². The van der Waals surface area contributed by atoms with Gasteiger partial charge in [0.25, 0.3) is 0 Å². The van der Waals surface area contributed by atoms with Gasteiger partial charge < -0.3 is 13.9 Å². The third kappa shape index (κ3) is 6.25. The molecular formula is C65H40N2O3. The smallest absolute Gasteiger partial charge is 0.178 e. The SMILES string of the molecule is c1ccc(-c2cc(-c3ccc(-c4cccc5c4oc4ccccc45)cc3)nc(-c3cccc(-c4ccc5c(c4)Oc4ccc6c(c4O5)-c4ccccc4C6(c4ccccc4)c4ccccc4)c3)n2)cc1. The van der Waals surface area contributed by atoms with Crippen LogP contribution in [0.15, 0.2) is 247 Å². The Balaban J connectivity index is 0.814. The molecule has 0 saturated carbocycles. The predicted octanol–water partition coefficient (Wildman–Crippen LogP) is 17.0. The second-order valence-electron chi connectivity index (χ2n) is 18.0. The fourth-order valence-electron chi connectivity index (χ4n) is 10.9. The normalized spacial score (nSPS) is 12.9. The standard InChI is InChI=1S/C65H40N2O3/c1-4-16-42(17-5-1)55-40-56(43-32-30-41(31-33-43)49-26-15-27-51-50-24-11-13-29-57(50)69-62(49)51)67-64(66-55)46-19-14-18-44(38-46)45-34-36-58-60(39-45)68-59-37-35-54-61(63(59)70-58)52-25-10-12-28-53(52)65(54,47-20-6-2-7-21-47)48-22-8-3-9-23-48/h1-40H. The molecule has 0 bridgehead atoms. The number of nitrogens with zero attached hydrogens (tertiary/aromatic N) is 2. The van der Waals surface area contributed by atoms with Crippen molar-refractivity contribution >= 4 is 21.9 Å². The molecule has 0 N–H and O–H groups in total. The van der Waals surface area contributed by atoms with Gasteiger partial charge in [-0.1, -0.05) is 206 Å². The number of aromatic nitrogens is 2. The van der Waals surface area contributed by atoms with Crippen LogP contribution >= 0.6 is 0 Å². The third-order valence-corrected chi connectivity index (χ3v) is 14.1. The molecule has 0 saturated heterocycles. The molecule has 70 heavy (non-hydrogen) atoms. The van der Waals surface area contributed by atoms with E-state index in [1.165, 1.54) is 22.3 Å². The molecular weight excluding hydrogens is 857 g/mol. The van der Waals surface area contributed by atoms with Gasteiger partial charge in [0.2, 0.25) is 0 Å². The van der Waals surface area contributed by atoms with Gasteiger partial charge in [-0.15, -0.1) is 0 Å². The Kier molecular flexibility index (Phi) is 9.04. The van der Waals surface area contributed by atoms with E-state index in [4.69, 9.17) is 23.9 Å². The molecule has 2 aliphatic rings. The van der Waals surface area contributed by atoms with Gasteiger partial charge in [-0.2, -0.15) is 0 Å². The fraction of sp³-hybridized carbons (Fsp3) is 0.0154. The quantitative estimate of drug-likeness (QED) is 0.160. The Morgan fingerprint density at radius 3 is 1.70 bits per heavy atom. The maximum atomic E-state index is 6.95. The van der Waals surface area contributed by atoms with Crippen molar-refractivity contribution < 1.29 is 13.9 Å². The van der Waals surface area contributed by atoms with Crippen LogP contribution in [0, 0.1) is 0 Å². The van der Waals surface area contributed by atoms with Gasteiger partial charge in [-0.25, -0.2) is 9.97 Å². The van der Waals surface area contributed by atoms with E-state index < -0.39 is 5.41 Å². The summed E-state index contributed by atoms with van der Waals surface area (Å²) < 4.78 is 20.2. The van der Waals surface area contributed by atoms with Crippen molar-refractivity contribution in [1.29, 1.82) is 0 Å². The lowest BCUT2D eigenvalue weighted by molar-refractivity contribution is 0.360. The monoisotopic (exact) mass is 896 g/mol. The summed E-state index contributed by atoms with van der Waals surface area (Å²) >= 11 is 0. The van der Waals surface area contributed by atoms with E-state index in [0.717, 1.165) is 89.1 Å². The van der Waals surface area contributed by atoms with Crippen LogP contribution in [0.1, 0.15) is 22.3 Å². The minimum Gasteiger partial charge on any atom is -0.455 e. The number of hydrogen-bond acceptors (Lipinski definition) is 5. The van der Waals surface area contributed by atoms with Gasteiger partial charge >= 0.3 is 0 Å². The minimum absolute atomic E-state index is 0.537. The lowest BCUT2D eigenvalue weighted by Gasteiger charge is -2.34. The van der Waals surface area contributed by atoms with Crippen LogP contribution < -0.4 is 9.47 Å². The number of benzene rings is 10. The molecule has 0 radical (unpaired) electrons. The highest BCUT2D eigenvalue weighted by atomic mass is 16.6. The molecule has 0 unspecified atom stereocenters. The van der Waals surface area contributed by atoms with Crippen molar-refractivity contribution in [2.45, 2.75) is 5.41 Å². The molecule has 5 heteroatoms. The number of furan rings is 1. The van der Waals surface area contributed by atoms with Gasteiger partial charge in [0.05, 0.1) is 16.8 Å². The van der Waals surface area contributed by atoms with Crippen molar-refractivity contribution in [3.8, 4) is 90.3 Å². The first-order chi connectivity index (χ1) is 34.7. The van der Waals surface area contributed by atoms with Crippen molar-refractivity contribution in [2.75, 3.05) is 0 Å². The molecule has 2 aromatic heterocycles. The second kappa shape index (κ2) is 15.9. The molecule has 0 amide bonds. The van der Waals surface area contributed by atoms with Gasteiger partial charge in [0.1, 0.15) is 11.2 Å². The number of hydrogen-bond donors (Lipinski definition) is 0. The number of para-hydroxylation sites is 2. The van der Waals surface area contributed by atoms with Crippen LogP contribution in [0.2, 0.25) is 0 Å². The zero-order valence-electron chi connectivity index (χ0n) is 37.7. The highest BCUT2D eigenvalue weighted by Gasteiger charge is 2.48. The molecule has 14 rings (SSSR count). The van der Waals surface area contributed by atoms with E-state index in [9.17, 15) is 0 Å². The summed E-state index contributed by atoms with van der Waals surface area (Å²) in [6.45, 7) is 0. The minimum atomic E-state index is -0.537. The van der Waals surface area contributed by atoms with Gasteiger partial charge in [-0.3, -0.25) is 0 Å². The largest absolute Gasteiger partial charge is 0.455 e. The van der Waals surface area contributed by atoms with Gasteiger partial charge in [0.15, 0.2) is 28.8 Å². The summed E-state index contributed by atoms with van der Waals surface area (Å²) in [5.74, 6) is 3.37. The Labute approximate surface area is 404 Å². The lowest BCUT2D eigenvalue weighted by Crippen LogP contribution is -2.28. The van der Waals surface area contributed by atoms with E-state index in [-0.39, 0.29) is 0 Å². The molecule has 1 aliphatic heterocycles. The van der Waals surface area contributed by atoms with Crippen LogP contribution in [0.25, 0.3) is 89.2 Å². The van der Waals surface area contributed by atoms with E-state index in [0.29, 0.717) is 23.1 Å². The maximum absolute atomic E-state index is 6.95. The summed E-state index contributed by atoms with van der Waals surface area (Å²) in [5, 5.41) is 2.23. The first-order valence-corrected chi connectivity index (χ1v) is 23.6. The van der Waals surface area contributed by atoms with Crippen molar-refractivity contribution in [3.63, 3.8) is 0 Å². The summed E-state index contributed by atoms with van der Waals surface area (Å²) in [5.41, 5.74) is 16.9. The van der Waals surface area contributed by atoms with Crippen molar-refractivity contribution in [2.24, 2.45) is 0 Å². The van der Waals surface area contributed by atoms with E-state index >= 15 is 0 Å². The number of ether oxygens (including phenoxy) is 2. The Hall–Kier alpha value is -9.32. The molecule has 0 atom stereocenters. The molecule has 3 heterocycles. The van der Waals surface area contributed by atoms with Gasteiger partial charge in [0, 0.05) is 38.6 Å². The summed E-state index contributed by atoms with van der Waals surface area (Å²) in [6, 6.07) is 84.7. The average Bonchev–Trinajstić information content (AvgIpc) is 3.98. The summed E-state index contributed by atoms with van der Waals surface area (Å²) in [4.78, 5) is 10.4. The Morgan fingerprint density at radius 2 is 0.914 bits per heavy atom. The highest BCUT2D eigenvalue weighted by Crippen LogP contribution is 2.62. The third-order valence-electron chi connectivity index (χ3n) is 14.1. The molecule has 10 aromatic carbocycles. The van der Waals surface area contributed by atoms with Crippen LogP contribution in [0.3, 0.4) is 0 Å². The van der Waals surface area contributed by atoms with E-state index in [1.807, 2.05) is 36.4 Å². The highest BCUT2D eigenvalue weighted by molar-refractivity contribution is 6.09. The van der Waals surface area contributed by atoms with Crippen LogP contribution in [0.4, 0.5) is 0 Å². The Morgan fingerprint density at radius 1 is 0.343 bits per heavy atom. The molecule has 0 fully saturated rings. The maximum Gasteiger partial charge on any atom is 0.178 e. The first kappa shape index (κ1) is 39.8. The van der Waals surface area contributed by atoms with E-state index in [2.05, 4.69) is 206 Å². The number of rotatable bonds is 7. The average molecular weight is 897 g/mol. The first-order valence-electron chi connectivity index (χ1n) is 23.6.